The van der Waals surface area contributed by atoms with Crippen molar-refractivity contribution in [2.45, 2.75) is 59.3 Å². The molecule has 0 amide bonds. The second-order valence-corrected chi connectivity index (χ2v) is 6.57. The molecule has 0 spiro atoms. The molecule has 19 heavy (non-hydrogen) atoms. The van der Waals surface area contributed by atoms with E-state index in [-0.39, 0.29) is 0 Å². The summed E-state index contributed by atoms with van der Waals surface area (Å²) in [4.78, 5) is 0. The minimum atomic E-state index is 0.429. The Morgan fingerprint density at radius 3 is 2.26 bits per heavy atom. The summed E-state index contributed by atoms with van der Waals surface area (Å²) in [7, 11) is 2.03. The van der Waals surface area contributed by atoms with E-state index in [1.54, 1.807) is 0 Å². The van der Waals surface area contributed by atoms with E-state index in [1.165, 1.54) is 36.8 Å². The predicted octanol–water partition coefficient (Wildman–Crippen LogP) is 4.77. The zero-order valence-corrected chi connectivity index (χ0v) is 13.4. The van der Waals surface area contributed by atoms with Gasteiger partial charge >= 0.3 is 0 Å². The fraction of sp³-hybridized carbons (Fsp3) is 0.667. The van der Waals surface area contributed by atoms with Crippen LogP contribution in [0.1, 0.15) is 64.0 Å². The van der Waals surface area contributed by atoms with Crippen LogP contribution < -0.4 is 5.32 Å². The van der Waals surface area contributed by atoms with Crippen LogP contribution in [0.2, 0.25) is 0 Å². The molecule has 0 saturated carbocycles. The summed E-state index contributed by atoms with van der Waals surface area (Å²) in [6.45, 7) is 10.4. The third-order valence-electron chi connectivity index (χ3n) is 4.30. The normalized spacial score (nSPS) is 13.5. The van der Waals surface area contributed by atoms with Gasteiger partial charge in [0.1, 0.15) is 0 Å². The number of nitrogens with one attached hydrogen (secondary N) is 1. The lowest BCUT2D eigenvalue weighted by Crippen LogP contribution is -2.20. The van der Waals surface area contributed by atoms with E-state index < -0.39 is 0 Å². The van der Waals surface area contributed by atoms with Crippen molar-refractivity contribution in [3.8, 4) is 0 Å². The standard InChI is InChI=1S/C18H31N/c1-6-15(2)17-9-7-16(8-10-17)11-12-18(3,4)13-14-19-5/h7-10,15,19H,6,11-14H2,1-5H3. The maximum atomic E-state index is 3.25. The van der Waals surface area contributed by atoms with Gasteiger partial charge in [-0.3, -0.25) is 0 Å². The summed E-state index contributed by atoms with van der Waals surface area (Å²) in [5.41, 5.74) is 3.38. The van der Waals surface area contributed by atoms with Crippen molar-refractivity contribution in [3.05, 3.63) is 35.4 Å². The van der Waals surface area contributed by atoms with Gasteiger partial charge in [-0.15, -0.1) is 0 Å². The van der Waals surface area contributed by atoms with E-state index in [0.29, 0.717) is 11.3 Å². The Hall–Kier alpha value is -0.820. The molecule has 0 aliphatic carbocycles. The van der Waals surface area contributed by atoms with Gasteiger partial charge in [-0.2, -0.15) is 0 Å². The van der Waals surface area contributed by atoms with Crippen molar-refractivity contribution in [1.29, 1.82) is 0 Å². The molecule has 0 heterocycles. The fourth-order valence-corrected chi connectivity index (χ4v) is 2.32. The average molecular weight is 261 g/mol. The van der Waals surface area contributed by atoms with E-state index in [4.69, 9.17) is 0 Å². The molecule has 0 saturated heterocycles. The predicted molar refractivity (Wildman–Crippen MR) is 85.8 cm³/mol. The second-order valence-electron chi connectivity index (χ2n) is 6.57. The third-order valence-corrected chi connectivity index (χ3v) is 4.30. The fourth-order valence-electron chi connectivity index (χ4n) is 2.32. The third kappa shape index (κ3) is 5.78. The van der Waals surface area contributed by atoms with Crippen LogP contribution >= 0.6 is 0 Å². The van der Waals surface area contributed by atoms with Gasteiger partial charge < -0.3 is 5.32 Å². The Morgan fingerprint density at radius 1 is 1.11 bits per heavy atom. The van der Waals surface area contributed by atoms with Gasteiger partial charge in [0.15, 0.2) is 0 Å². The monoisotopic (exact) mass is 261 g/mol. The highest BCUT2D eigenvalue weighted by Gasteiger charge is 2.16. The summed E-state index contributed by atoms with van der Waals surface area (Å²) in [6.07, 6.45) is 4.92. The molecule has 1 unspecified atom stereocenters. The van der Waals surface area contributed by atoms with Gasteiger partial charge in [-0.25, -0.2) is 0 Å². The molecular formula is C18H31N. The summed E-state index contributed by atoms with van der Waals surface area (Å²) in [5, 5.41) is 3.25. The number of rotatable bonds is 8. The first-order valence-electron chi connectivity index (χ1n) is 7.72. The molecule has 1 atom stereocenters. The maximum absolute atomic E-state index is 3.25. The second kappa shape index (κ2) is 7.69. The SMILES string of the molecule is CCC(C)c1ccc(CCC(C)(C)CCNC)cc1. The first-order chi connectivity index (χ1) is 8.98. The van der Waals surface area contributed by atoms with Crippen molar-refractivity contribution in [3.63, 3.8) is 0 Å². The van der Waals surface area contributed by atoms with Gasteiger partial charge in [0.25, 0.3) is 0 Å². The van der Waals surface area contributed by atoms with E-state index in [9.17, 15) is 0 Å². The Kier molecular flexibility index (Phi) is 6.57. The molecular weight excluding hydrogens is 230 g/mol. The zero-order chi connectivity index (χ0) is 14.3. The van der Waals surface area contributed by atoms with Gasteiger partial charge in [0.05, 0.1) is 0 Å². The highest BCUT2D eigenvalue weighted by molar-refractivity contribution is 5.25. The van der Waals surface area contributed by atoms with Crippen LogP contribution in [0.3, 0.4) is 0 Å². The summed E-state index contributed by atoms with van der Waals surface area (Å²) < 4.78 is 0. The number of aryl methyl sites for hydroxylation is 1. The van der Waals surface area contributed by atoms with Crippen molar-refractivity contribution in [2.24, 2.45) is 5.41 Å². The molecule has 1 nitrogen and oxygen atoms in total. The average Bonchev–Trinajstić information content (AvgIpc) is 2.43. The zero-order valence-electron chi connectivity index (χ0n) is 13.4. The highest BCUT2D eigenvalue weighted by Crippen LogP contribution is 2.27. The van der Waals surface area contributed by atoms with Crippen LogP contribution in [-0.4, -0.2) is 13.6 Å². The Bertz CT molecular complexity index is 350. The van der Waals surface area contributed by atoms with Gasteiger partial charge in [-0.1, -0.05) is 52.0 Å². The Labute approximate surface area is 119 Å². The molecule has 1 N–H and O–H groups in total. The van der Waals surface area contributed by atoms with Crippen LogP contribution in [0, 0.1) is 5.41 Å². The quantitative estimate of drug-likeness (QED) is 0.711. The molecule has 1 heteroatoms. The molecule has 0 aliphatic rings. The minimum Gasteiger partial charge on any atom is -0.320 e. The van der Waals surface area contributed by atoms with Crippen LogP contribution in [0.25, 0.3) is 0 Å². The van der Waals surface area contributed by atoms with E-state index in [1.807, 2.05) is 7.05 Å². The van der Waals surface area contributed by atoms with Gasteiger partial charge in [-0.05, 0) is 61.7 Å². The van der Waals surface area contributed by atoms with Crippen LogP contribution in [-0.2, 0) is 6.42 Å². The number of hydrogen-bond donors (Lipinski definition) is 1. The summed E-state index contributed by atoms with van der Waals surface area (Å²) in [6, 6.07) is 9.25. The minimum absolute atomic E-state index is 0.429. The van der Waals surface area contributed by atoms with Crippen LogP contribution in [0.4, 0.5) is 0 Å². The number of benzene rings is 1. The van der Waals surface area contributed by atoms with Crippen molar-refractivity contribution < 1.29 is 0 Å². The van der Waals surface area contributed by atoms with E-state index in [2.05, 4.69) is 57.3 Å². The molecule has 1 aromatic carbocycles. The lowest BCUT2D eigenvalue weighted by atomic mass is 9.83. The molecule has 0 aromatic heterocycles. The first kappa shape index (κ1) is 16.2. The lowest BCUT2D eigenvalue weighted by molar-refractivity contribution is 0.305. The first-order valence-corrected chi connectivity index (χ1v) is 7.72. The lowest BCUT2D eigenvalue weighted by Gasteiger charge is -2.24. The topological polar surface area (TPSA) is 12.0 Å². The van der Waals surface area contributed by atoms with Crippen LogP contribution in [0.15, 0.2) is 24.3 Å². The molecule has 1 rings (SSSR count). The molecule has 108 valence electrons. The molecule has 0 fully saturated rings. The van der Waals surface area contributed by atoms with Crippen molar-refractivity contribution in [2.75, 3.05) is 13.6 Å². The van der Waals surface area contributed by atoms with Gasteiger partial charge in [0, 0.05) is 0 Å². The maximum Gasteiger partial charge on any atom is -0.00468 e. The van der Waals surface area contributed by atoms with Crippen molar-refractivity contribution >= 4 is 0 Å². The molecule has 1 aromatic rings. The number of hydrogen-bond acceptors (Lipinski definition) is 1. The Balaban J connectivity index is 2.49. The molecule has 0 radical (unpaired) electrons. The Morgan fingerprint density at radius 2 is 1.74 bits per heavy atom. The highest BCUT2D eigenvalue weighted by atomic mass is 14.8. The van der Waals surface area contributed by atoms with Crippen molar-refractivity contribution in [1.82, 2.24) is 5.32 Å². The smallest absolute Gasteiger partial charge is 0.00468 e. The summed E-state index contributed by atoms with van der Waals surface area (Å²) in [5.74, 6) is 0.682. The van der Waals surface area contributed by atoms with Crippen LogP contribution in [0.5, 0.6) is 0 Å². The van der Waals surface area contributed by atoms with E-state index >= 15 is 0 Å². The largest absolute Gasteiger partial charge is 0.320 e. The van der Waals surface area contributed by atoms with E-state index in [0.717, 1.165) is 6.54 Å². The molecule has 0 bridgehead atoms. The molecule has 0 aliphatic heterocycles. The van der Waals surface area contributed by atoms with Gasteiger partial charge in [0.2, 0.25) is 0 Å². The summed E-state index contributed by atoms with van der Waals surface area (Å²) >= 11 is 0.